The standard InChI is InChI=1S/C30H46O16S2/c1-14(2)9-22(32)44-25-24(46-48(39,40)41)23(45-47(36,37)38)20(13-31)43-28(25)42-17-10-18(27(34)35)19-7-8-30-11-16(15(3)26(30)33)5-6-21(30)29(19,4)12-17/h14,16-21,23-26,28,31,33H,3,5-13H2,1-2,4H3,(H,34,35)(H,36,37,38)(H,39,40,41)/t16-,17+,18+,19+,20+,21?,23+,24-,25+,26-,28-,29+,30+/m0/s1. The van der Waals surface area contributed by atoms with E-state index in [1.54, 1.807) is 13.8 Å². The Morgan fingerprint density at radius 1 is 1.02 bits per heavy atom. The highest BCUT2D eigenvalue weighted by molar-refractivity contribution is 7.81. The van der Waals surface area contributed by atoms with Crippen molar-refractivity contribution in [2.24, 2.45) is 40.4 Å². The zero-order valence-corrected chi connectivity index (χ0v) is 28.7. The number of aliphatic carboxylic acids is 1. The predicted molar refractivity (Wildman–Crippen MR) is 162 cm³/mol. The number of carboxylic acids is 1. The number of fused-ring (bicyclic) bond motifs is 3. The monoisotopic (exact) mass is 726 g/mol. The normalized spacial score (nSPS) is 43.0. The van der Waals surface area contributed by atoms with Crippen LogP contribution in [0.5, 0.6) is 0 Å². The second-order valence-corrected chi connectivity index (χ2v) is 16.9. The molecule has 48 heavy (non-hydrogen) atoms. The third-order valence-electron chi connectivity index (χ3n) is 11.5. The smallest absolute Gasteiger partial charge is 0.397 e. The molecule has 1 saturated heterocycles. The second kappa shape index (κ2) is 13.4. The van der Waals surface area contributed by atoms with Crippen LogP contribution in [0.25, 0.3) is 0 Å². The van der Waals surface area contributed by atoms with Crippen molar-refractivity contribution < 1.29 is 73.4 Å². The molecule has 13 atom stereocenters. The van der Waals surface area contributed by atoms with Gasteiger partial charge in [-0.1, -0.05) is 27.4 Å². The molecule has 5 fully saturated rings. The molecule has 1 heterocycles. The molecule has 1 spiro atoms. The van der Waals surface area contributed by atoms with Crippen molar-refractivity contribution in [2.45, 2.75) is 115 Å². The molecule has 0 radical (unpaired) electrons. The highest BCUT2D eigenvalue weighted by Crippen LogP contribution is 2.70. The first-order valence-electron chi connectivity index (χ1n) is 16.2. The first-order valence-corrected chi connectivity index (χ1v) is 18.9. The molecule has 0 aromatic rings. The lowest BCUT2D eigenvalue weighted by Gasteiger charge is -2.62. The summed E-state index contributed by atoms with van der Waals surface area (Å²) in [6.07, 6.45) is -7.93. The van der Waals surface area contributed by atoms with E-state index in [0.717, 1.165) is 24.8 Å². The summed E-state index contributed by atoms with van der Waals surface area (Å²) in [7, 11) is -10.8. The van der Waals surface area contributed by atoms with Crippen molar-refractivity contribution in [1.29, 1.82) is 0 Å². The summed E-state index contributed by atoms with van der Waals surface area (Å²) in [5, 5.41) is 32.0. The molecule has 1 aliphatic heterocycles. The fourth-order valence-corrected chi connectivity index (χ4v) is 10.8. The zero-order chi connectivity index (χ0) is 35.6. The maximum Gasteiger partial charge on any atom is 0.397 e. The van der Waals surface area contributed by atoms with Crippen molar-refractivity contribution in [2.75, 3.05) is 6.61 Å². The van der Waals surface area contributed by atoms with Crippen LogP contribution in [0.3, 0.4) is 0 Å². The highest BCUT2D eigenvalue weighted by Gasteiger charge is 2.67. The van der Waals surface area contributed by atoms with Gasteiger partial charge in [0.1, 0.15) is 12.2 Å². The van der Waals surface area contributed by atoms with Crippen LogP contribution in [0.1, 0.15) is 72.1 Å². The average molecular weight is 727 g/mol. The Kier molecular flexibility index (Phi) is 10.5. The second-order valence-electron chi connectivity index (χ2n) is 14.8. The van der Waals surface area contributed by atoms with Crippen molar-refractivity contribution in [3.8, 4) is 0 Å². The summed E-state index contributed by atoms with van der Waals surface area (Å²) in [4.78, 5) is 25.7. The van der Waals surface area contributed by atoms with Gasteiger partial charge in [-0.25, -0.2) is 8.37 Å². The molecule has 5 aliphatic rings. The Balaban J connectivity index is 1.51. The molecule has 2 bridgehead atoms. The van der Waals surface area contributed by atoms with Crippen LogP contribution in [0, 0.1) is 40.4 Å². The first kappa shape index (κ1) is 37.5. The van der Waals surface area contributed by atoms with E-state index >= 15 is 0 Å². The van der Waals surface area contributed by atoms with Gasteiger partial charge in [0, 0.05) is 11.8 Å². The molecule has 274 valence electrons. The number of hydrogen-bond acceptors (Lipinski definition) is 13. The van der Waals surface area contributed by atoms with Crippen molar-refractivity contribution in [1.82, 2.24) is 0 Å². The van der Waals surface area contributed by atoms with Gasteiger partial charge in [-0.3, -0.25) is 18.7 Å². The van der Waals surface area contributed by atoms with Crippen LogP contribution in [-0.2, 0) is 53.0 Å². The fourth-order valence-electron chi connectivity index (χ4n) is 9.82. The summed E-state index contributed by atoms with van der Waals surface area (Å²) >= 11 is 0. The van der Waals surface area contributed by atoms with Gasteiger partial charge in [-0.05, 0) is 79.6 Å². The Hall–Kier alpha value is -1.74. The first-order chi connectivity index (χ1) is 22.2. The highest BCUT2D eigenvalue weighted by atomic mass is 32.3. The molecule has 5 N–H and O–H groups in total. The quantitative estimate of drug-likeness (QED) is 0.0879. The van der Waals surface area contributed by atoms with Crippen LogP contribution >= 0.6 is 0 Å². The summed E-state index contributed by atoms with van der Waals surface area (Å²) in [6.45, 7) is 8.52. The van der Waals surface area contributed by atoms with E-state index < -0.39 is 99.0 Å². The van der Waals surface area contributed by atoms with E-state index in [2.05, 4.69) is 10.8 Å². The van der Waals surface area contributed by atoms with Crippen LogP contribution in [0.2, 0.25) is 0 Å². The number of carbonyl (C=O) groups excluding carboxylic acids is 1. The number of aliphatic hydroxyl groups is 2. The molecule has 4 aliphatic carbocycles. The molecule has 0 amide bonds. The molecule has 0 aromatic heterocycles. The number of esters is 1. The van der Waals surface area contributed by atoms with Gasteiger partial charge >= 0.3 is 32.7 Å². The number of aliphatic hydroxyl groups excluding tert-OH is 2. The van der Waals surface area contributed by atoms with Gasteiger partial charge < -0.3 is 29.5 Å². The van der Waals surface area contributed by atoms with E-state index in [1.165, 1.54) is 0 Å². The van der Waals surface area contributed by atoms with E-state index in [4.69, 9.17) is 18.4 Å². The van der Waals surface area contributed by atoms with Crippen molar-refractivity contribution in [3.63, 3.8) is 0 Å². The number of carbonyl (C=O) groups is 2. The van der Waals surface area contributed by atoms with Crippen LogP contribution in [-0.4, -0.2) is 103 Å². The SMILES string of the molecule is C=C1[C@H]2CCC3[C@@](CC[C@@H]4[C@H](C(=O)O)C[C@@H](O[C@H]5O[C@H](CO)[C@@H](OS(=O)(=O)O)[C@H](OS(=O)(=O)O)[C@H]5OC(=O)CC(C)C)C[C@@]34C)(C2)[C@H]1O. The van der Waals surface area contributed by atoms with Crippen LogP contribution < -0.4 is 0 Å². The Bertz CT molecular complexity index is 1480. The Labute approximate surface area is 280 Å². The van der Waals surface area contributed by atoms with E-state index in [1.807, 2.05) is 6.92 Å². The van der Waals surface area contributed by atoms with Gasteiger partial charge in [0.05, 0.1) is 24.7 Å². The molecule has 5 rings (SSSR count). The van der Waals surface area contributed by atoms with E-state index in [9.17, 15) is 50.8 Å². The average Bonchev–Trinajstić information content (AvgIpc) is 3.12. The number of carboxylic acid groups (broad SMARTS) is 1. The topological polar surface area (TPSA) is 250 Å². The molecular formula is C30H46O16S2. The van der Waals surface area contributed by atoms with Crippen molar-refractivity contribution >= 4 is 32.7 Å². The zero-order valence-electron chi connectivity index (χ0n) is 27.0. The van der Waals surface area contributed by atoms with E-state index in [-0.39, 0.29) is 42.9 Å². The summed E-state index contributed by atoms with van der Waals surface area (Å²) in [6, 6.07) is 0. The van der Waals surface area contributed by atoms with Crippen molar-refractivity contribution in [3.05, 3.63) is 12.2 Å². The number of ether oxygens (including phenoxy) is 3. The third kappa shape index (κ3) is 7.20. The minimum absolute atomic E-state index is 0.0156. The van der Waals surface area contributed by atoms with Gasteiger partial charge in [0.2, 0.25) is 0 Å². The lowest BCUT2D eigenvalue weighted by Crippen LogP contribution is -2.64. The maximum absolute atomic E-state index is 12.9. The summed E-state index contributed by atoms with van der Waals surface area (Å²) in [5.74, 6) is -3.25. The van der Waals surface area contributed by atoms with E-state index in [0.29, 0.717) is 12.8 Å². The van der Waals surface area contributed by atoms with Gasteiger partial charge in [-0.15, -0.1) is 0 Å². The van der Waals surface area contributed by atoms with Gasteiger partial charge in [0.15, 0.2) is 18.5 Å². The van der Waals surface area contributed by atoms with Crippen LogP contribution in [0.15, 0.2) is 12.2 Å². The lowest BCUT2D eigenvalue weighted by molar-refractivity contribution is -0.316. The molecule has 18 heteroatoms. The maximum atomic E-state index is 12.9. The summed E-state index contributed by atoms with van der Waals surface area (Å²) < 4.78 is 93.5. The number of rotatable bonds is 11. The largest absolute Gasteiger partial charge is 0.481 e. The third-order valence-corrected chi connectivity index (χ3v) is 12.4. The minimum Gasteiger partial charge on any atom is -0.481 e. The lowest BCUT2D eigenvalue weighted by atomic mass is 9.43. The summed E-state index contributed by atoms with van der Waals surface area (Å²) in [5.41, 5.74) is -0.319. The Morgan fingerprint density at radius 3 is 2.25 bits per heavy atom. The van der Waals surface area contributed by atoms with Crippen LogP contribution in [0.4, 0.5) is 0 Å². The minimum atomic E-state index is -5.42. The fraction of sp³-hybridized carbons (Fsp3) is 0.867. The predicted octanol–water partition coefficient (Wildman–Crippen LogP) is 1.67. The van der Waals surface area contributed by atoms with Gasteiger partial charge in [-0.2, -0.15) is 16.8 Å². The molecular weight excluding hydrogens is 680 g/mol. The Morgan fingerprint density at radius 2 is 1.67 bits per heavy atom. The number of hydrogen-bond donors (Lipinski definition) is 5. The molecule has 0 aromatic carbocycles. The molecule has 16 nitrogen and oxygen atoms in total. The van der Waals surface area contributed by atoms with Gasteiger partial charge in [0.25, 0.3) is 0 Å². The molecule has 4 saturated carbocycles. The molecule has 1 unspecified atom stereocenters.